The Labute approximate surface area is 153 Å². The predicted octanol–water partition coefficient (Wildman–Crippen LogP) is 2.13. The van der Waals surface area contributed by atoms with Crippen LogP contribution in [0.1, 0.15) is 18.4 Å². The van der Waals surface area contributed by atoms with Gasteiger partial charge < -0.3 is 19.6 Å². The fraction of sp³-hybridized carbons (Fsp3) is 0.222. The van der Waals surface area contributed by atoms with E-state index in [-0.39, 0.29) is 5.82 Å². The Morgan fingerprint density at radius 2 is 2.07 bits per heavy atom. The van der Waals surface area contributed by atoms with Gasteiger partial charge in [-0.25, -0.2) is 4.79 Å². The van der Waals surface area contributed by atoms with Crippen molar-refractivity contribution >= 4 is 34.6 Å². The maximum Gasteiger partial charge on any atom is 0.325 e. The largest absolute Gasteiger partial charge is 0.458 e. The molecule has 3 heterocycles. The quantitative estimate of drug-likeness (QED) is 0.681. The lowest BCUT2D eigenvalue weighted by atomic mass is 9.99. The number of hydrogen-bond donors (Lipinski definition) is 2. The van der Waals surface area contributed by atoms with Crippen molar-refractivity contribution in [1.29, 1.82) is 0 Å². The van der Waals surface area contributed by atoms with Gasteiger partial charge in [0.2, 0.25) is 5.91 Å². The van der Waals surface area contributed by atoms with Gasteiger partial charge in [0.05, 0.1) is 0 Å². The number of nitrogens with zero attached hydrogens (tertiary/aromatic N) is 2. The second kappa shape index (κ2) is 5.97. The summed E-state index contributed by atoms with van der Waals surface area (Å²) in [5.41, 5.74) is -0.783. The van der Waals surface area contributed by atoms with Crippen molar-refractivity contribution in [2.75, 3.05) is 11.9 Å². The number of furan rings is 1. The number of carbonyl (C=O) groups is 3. The van der Waals surface area contributed by atoms with E-state index in [1.54, 1.807) is 26.0 Å². The van der Waals surface area contributed by atoms with Gasteiger partial charge in [0.15, 0.2) is 11.4 Å². The summed E-state index contributed by atoms with van der Waals surface area (Å²) in [5, 5.41) is 9.54. The Bertz CT molecular complexity index is 1040. The Hall–Kier alpha value is -3.62. The van der Waals surface area contributed by atoms with Gasteiger partial charge in [-0.15, -0.1) is 0 Å². The first kappa shape index (κ1) is 16.8. The third-order valence-corrected chi connectivity index (χ3v) is 4.39. The lowest BCUT2D eigenvalue weighted by molar-refractivity contribution is -0.134. The molecule has 9 nitrogen and oxygen atoms in total. The van der Waals surface area contributed by atoms with E-state index in [1.807, 2.05) is 18.2 Å². The zero-order valence-electron chi connectivity index (χ0n) is 14.6. The van der Waals surface area contributed by atoms with Crippen LogP contribution in [0.2, 0.25) is 0 Å². The third-order valence-electron chi connectivity index (χ3n) is 4.39. The maximum absolute atomic E-state index is 12.9. The third kappa shape index (κ3) is 2.82. The molecule has 27 heavy (non-hydrogen) atoms. The standard InChI is InChI=1S/C18H16N4O5/c1-10-7-14(21-27-10)19-15(23)9-22-16(24)18(2,20-17(22)25)13-8-11-5-3-4-6-12(11)26-13/h3-8H,9H2,1-2H3,(H,20,25)(H,19,21,23)/t18-/m0/s1. The monoisotopic (exact) mass is 368 g/mol. The van der Waals surface area contributed by atoms with Crippen molar-refractivity contribution in [1.82, 2.24) is 15.4 Å². The van der Waals surface area contributed by atoms with E-state index in [0.29, 0.717) is 17.1 Å². The number of aryl methyl sites for hydroxylation is 1. The number of fused-ring (bicyclic) bond motifs is 1. The van der Waals surface area contributed by atoms with Crippen LogP contribution >= 0.6 is 0 Å². The maximum atomic E-state index is 12.9. The van der Waals surface area contributed by atoms with Crippen LogP contribution in [0.4, 0.5) is 10.6 Å². The van der Waals surface area contributed by atoms with Crippen LogP contribution in [0.5, 0.6) is 0 Å². The van der Waals surface area contributed by atoms with Crippen LogP contribution < -0.4 is 10.6 Å². The van der Waals surface area contributed by atoms with Crippen molar-refractivity contribution in [3.8, 4) is 0 Å². The highest BCUT2D eigenvalue weighted by Crippen LogP contribution is 2.32. The Morgan fingerprint density at radius 3 is 2.78 bits per heavy atom. The van der Waals surface area contributed by atoms with Gasteiger partial charge >= 0.3 is 6.03 Å². The molecule has 1 aromatic carbocycles. The molecule has 1 aliphatic rings. The summed E-state index contributed by atoms with van der Waals surface area (Å²) in [7, 11) is 0. The summed E-state index contributed by atoms with van der Waals surface area (Å²) in [6.07, 6.45) is 0. The SMILES string of the molecule is Cc1cc(NC(=O)CN2C(=O)N[C@@](C)(c3cc4ccccc4o3)C2=O)no1. The highest BCUT2D eigenvalue weighted by Gasteiger charge is 2.51. The van der Waals surface area contributed by atoms with E-state index in [4.69, 9.17) is 8.94 Å². The lowest BCUT2D eigenvalue weighted by Crippen LogP contribution is -2.41. The molecule has 0 saturated carbocycles. The van der Waals surface area contributed by atoms with Crippen LogP contribution in [0.15, 0.2) is 45.3 Å². The normalized spacial score (nSPS) is 19.6. The molecule has 1 fully saturated rings. The minimum atomic E-state index is -1.39. The molecular weight excluding hydrogens is 352 g/mol. The van der Waals surface area contributed by atoms with Crippen molar-refractivity contribution in [3.63, 3.8) is 0 Å². The number of imide groups is 1. The topological polar surface area (TPSA) is 118 Å². The molecule has 1 aliphatic heterocycles. The van der Waals surface area contributed by atoms with E-state index in [9.17, 15) is 14.4 Å². The summed E-state index contributed by atoms with van der Waals surface area (Å²) < 4.78 is 10.6. The van der Waals surface area contributed by atoms with Gasteiger partial charge in [-0.2, -0.15) is 0 Å². The molecule has 138 valence electrons. The summed E-state index contributed by atoms with van der Waals surface area (Å²) in [6.45, 7) is 2.77. The molecule has 0 radical (unpaired) electrons. The summed E-state index contributed by atoms with van der Waals surface area (Å²) >= 11 is 0. The number of anilines is 1. The molecule has 0 aliphatic carbocycles. The van der Waals surface area contributed by atoms with Crippen molar-refractivity contribution in [3.05, 3.63) is 47.9 Å². The number of rotatable bonds is 4. The first-order valence-corrected chi connectivity index (χ1v) is 8.23. The first-order chi connectivity index (χ1) is 12.9. The van der Waals surface area contributed by atoms with Crippen LogP contribution in [0.25, 0.3) is 11.0 Å². The van der Waals surface area contributed by atoms with Gasteiger partial charge in [0.25, 0.3) is 5.91 Å². The zero-order chi connectivity index (χ0) is 19.2. The average molecular weight is 368 g/mol. The molecule has 0 unspecified atom stereocenters. The van der Waals surface area contributed by atoms with Gasteiger partial charge in [-0.3, -0.25) is 14.5 Å². The Balaban J connectivity index is 1.54. The fourth-order valence-electron chi connectivity index (χ4n) is 2.99. The molecule has 0 bridgehead atoms. The molecule has 1 atom stereocenters. The number of para-hydroxylation sites is 1. The minimum Gasteiger partial charge on any atom is -0.458 e. The number of benzene rings is 1. The zero-order valence-corrected chi connectivity index (χ0v) is 14.6. The molecule has 4 rings (SSSR count). The minimum absolute atomic E-state index is 0.213. The average Bonchev–Trinajstić information content (AvgIpc) is 3.29. The Morgan fingerprint density at radius 1 is 1.30 bits per heavy atom. The number of carbonyl (C=O) groups excluding carboxylic acids is 3. The van der Waals surface area contributed by atoms with Crippen molar-refractivity contribution in [2.24, 2.45) is 0 Å². The Kier molecular flexibility index (Phi) is 3.72. The van der Waals surface area contributed by atoms with Crippen molar-refractivity contribution in [2.45, 2.75) is 19.4 Å². The number of urea groups is 1. The molecule has 9 heteroatoms. The van der Waals surface area contributed by atoms with Gasteiger partial charge in [-0.1, -0.05) is 23.4 Å². The second-order valence-electron chi connectivity index (χ2n) is 6.47. The van der Waals surface area contributed by atoms with Crippen molar-refractivity contribution < 1.29 is 23.3 Å². The number of aromatic nitrogens is 1. The highest BCUT2D eigenvalue weighted by atomic mass is 16.5. The van der Waals surface area contributed by atoms with Crippen LogP contribution in [0.3, 0.4) is 0 Å². The van der Waals surface area contributed by atoms with E-state index in [2.05, 4.69) is 15.8 Å². The molecule has 0 spiro atoms. The molecule has 2 aromatic heterocycles. The van der Waals surface area contributed by atoms with Crippen LogP contribution in [-0.2, 0) is 15.1 Å². The molecule has 2 N–H and O–H groups in total. The van der Waals surface area contributed by atoms with E-state index < -0.39 is 29.9 Å². The first-order valence-electron chi connectivity index (χ1n) is 8.23. The molecule has 3 aromatic rings. The number of amides is 4. The number of nitrogens with one attached hydrogen (secondary N) is 2. The smallest absolute Gasteiger partial charge is 0.325 e. The number of hydrogen-bond acceptors (Lipinski definition) is 6. The predicted molar refractivity (Wildman–Crippen MR) is 93.7 cm³/mol. The summed E-state index contributed by atoms with van der Waals surface area (Å²) in [5.74, 6) is -0.0990. The highest BCUT2D eigenvalue weighted by molar-refractivity contribution is 6.10. The summed E-state index contributed by atoms with van der Waals surface area (Å²) in [4.78, 5) is 38.2. The molecule has 1 saturated heterocycles. The van der Waals surface area contributed by atoms with E-state index in [0.717, 1.165) is 10.3 Å². The van der Waals surface area contributed by atoms with Crippen LogP contribution in [0, 0.1) is 6.92 Å². The summed E-state index contributed by atoms with van der Waals surface area (Å²) in [6, 6.07) is 9.84. The lowest BCUT2D eigenvalue weighted by Gasteiger charge is -2.18. The fourth-order valence-corrected chi connectivity index (χ4v) is 2.99. The van der Waals surface area contributed by atoms with Gasteiger partial charge in [0, 0.05) is 11.5 Å². The molecule has 4 amide bonds. The van der Waals surface area contributed by atoms with Gasteiger partial charge in [-0.05, 0) is 26.0 Å². The van der Waals surface area contributed by atoms with Crippen LogP contribution in [-0.4, -0.2) is 34.4 Å². The van der Waals surface area contributed by atoms with E-state index >= 15 is 0 Å². The second-order valence-corrected chi connectivity index (χ2v) is 6.47. The molecular formula is C18H16N4O5. The van der Waals surface area contributed by atoms with E-state index in [1.165, 1.54) is 6.07 Å². The van der Waals surface area contributed by atoms with Gasteiger partial charge in [0.1, 0.15) is 23.6 Å².